The normalized spacial score (nSPS) is 12.4. The van der Waals surface area contributed by atoms with Crippen molar-refractivity contribution in [2.24, 2.45) is 0 Å². The molecule has 0 aliphatic heterocycles. The third-order valence-electron chi connectivity index (χ3n) is 4.76. The summed E-state index contributed by atoms with van der Waals surface area (Å²) in [7, 11) is -3.54. The first-order chi connectivity index (χ1) is 13.9. The summed E-state index contributed by atoms with van der Waals surface area (Å²) in [4.78, 5) is 4.91. The Kier molecular flexibility index (Phi) is 5.32. The molecule has 0 fully saturated rings. The molecule has 152 valence electrons. The van der Waals surface area contributed by atoms with Crippen LogP contribution in [0.5, 0.6) is 0 Å². The maximum atomic E-state index is 12.8. The first-order valence-electron chi connectivity index (χ1n) is 9.35. The van der Waals surface area contributed by atoms with Gasteiger partial charge in [-0.15, -0.1) is 10.2 Å². The average molecular weight is 431 g/mol. The zero-order chi connectivity index (χ0) is 20.6. The molecule has 0 bridgehead atoms. The van der Waals surface area contributed by atoms with Crippen molar-refractivity contribution in [3.05, 3.63) is 54.1 Å². The van der Waals surface area contributed by atoms with Gasteiger partial charge in [0.05, 0.1) is 10.6 Å². The van der Waals surface area contributed by atoms with Crippen LogP contribution < -0.4 is 0 Å². The predicted octanol–water partition coefficient (Wildman–Crippen LogP) is 3.01. The highest BCUT2D eigenvalue weighted by molar-refractivity contribution is 7.98. The second-order valence-corrected chi connectivity index (χ2v) is 9.49. The molecule has 0 N–H and O–H groups in total. The minimum atomic E-state index is -3.54. The number of aromatic nitrogens is 5. The van der Waals surface area contributed by atoms with E-state index in [1.807, 2.05) is 49.7 Å². The lowest BCUT2D eigenvalue weighted by atomic mass is 10.3. The Morgan fingerprint density at radius 3 is 2.62 bits per heavy atom. The minimum Gasteiger partial charge on any atom is -0.307 e. The molecule has 0 aromatic carbocycles. The zero-order valence-corrected chi connectivity index (χ0v) is 18.1. The summed E-state index contributed by atoms with van der Waals surface area (Å²) in [6.45, 7) is 6.54. The van der Waals surface area contributed by atoms with Crippen molar-refractivity contribution in [1.29, 1.82) is 0 Å². The Morgan fingerprint density at radius 2 is 1.90 bits per heavy atom. The fraction of sp³-hybridized carbons (Fsp3) is 0.316. The molecule has 0 atom stereocenters. The largest absolute Gasteiger partial charge is 0.307 e. The van der Waals surface area contributed by atoms with Gasteiger partial charge in [-0.1, -0.05) is 31.7 Å². The summed E-state index contributed by atoms with van der Waals surface area (Å²) in [6.07, 6.45) is 5.56. The highest BCUT2D eigenvalue weighted by Crippen LogP contribution is 2.24. The highest BCUT2D eigenvalue weighted by atomic mass is 32.2. The molecular weight excluding hydrogens is 408 g/mol. The molecule has 0 saturated heterocycles. The van der Waals surface area contributed by atoms with E-state index in [4.69, 9.17) is 0 Å². The number of imidazole rings is 1. The average Bonchev–Trinajstić information content (AvgIpc) is 3.31. The van der Waals surface area contributed by atoms with Gasteiger partial charge >= 0.3 is 0 Å². The van der Waals surface area contributed by atoms with Crippen molar-refractivity contribution in [2.75, 3.05) is 13.1 Å². The predicted molar refractivity (Wildman–Crippen MR) is 113 cm³/mol. The first kappa shape index (κ1) is 19.9. The van der Waals surface area contributed by atoms with Gasteiger partial charge in [-0.3, -0.25) is 4.40 Å². The fourth-order valence-corrected chi connectivity index (χ4v) is 5.48. The molecule has 4 rings (SSSR count). The van der Waals surface area contributed by atoms with Gasteiger partial charge in [0.2, 0.25) is 10.0 Å². The number of aryl methyl sites for hydroxylation is 1. The molecular formula is C19H22N6O2S2. The van der Waals surface area contributed by atoms with Crippen molar-refractivity contribution in [3.63, 3.8) is 0 Å². The van der Waals surface area contributed by atoms with E-state index in [9.17, 15) is 8.42 Å². The van der Waals surface area contributed by atoms with Crippen LogP contribution >= 0.6 is 11.8 Å². The third kappa shape index (κ3) is 3.63. The van der Waals surface area contributed by atoms with E-state index in [0.29, 0.717) is 29.6 Å². The van der Waals surface area contributed by atoms with E-state index in [0.717, 1.165) is 16.9 Å². The molecule has 0 radical (unpaired) electrons. The molecule has 8 nitrogen and oxygen atoms in total. The standard InChI is InChI=1S/C19H22N6O2S2/c1-4-24(5-2)29(26,27)16-8-9-17-21-22-19(25(17)12-16)28-13-15-11-23-10-6-7-14(3)18(23)20-15/h6-12H,4-5,13H2,1-3H3. The highest BCUT2D eigenvalue weighted by Gasteiger charge is 2.22. The Balaban J connectivity index is 1.63. The molecule has 0 amide bonds. The monoisotopic (exact) mass is 430 g/mol. The van der Waals surface area contributed by atoms with Crippen molar-refractivity contribution in [3.8, 4) is 0 Å². The molecule has 0 aliphatic rings. The van der Waals surface area contributed by atoms with Crippen LogP contribution in [-0.4, -0.2) is 49.8 Å². The number of pyridine rings is 2. The second-order valence-electron chi connectivity index (χ2n) is 6.61. The van der Waals surface area contributed by atoms with Gasteiger partial charge in [-0.05, 0) is 30.7 Å². The maximum Gasteiger partial charge on any atom is 0.244 e. The first-order valence-corrected chi connectivity index (χ1v) is 11.8. The lowest BCUT2D eigenvalue weighted by Gasteiger charge is -2.18. The van der Waals surface area contributed by atoms with E-state index in [1.54, 1.807) is 22.7 Å². The zero-order valence-electron chi connectivity index (χ0n) is 16.5. The molecule has 4 aromatic heterocycles. The van der Waals surface area contributed by atoms with Gasteiger partial charge in [0.15, 0.2) is 10.8 Å². The molecule has 0 spiro atoms. The topological polar surface area (TPSA) is 84.9 Å². The lowest BCUT2D eigenvalue weighted by Crippen LogP contribution is -2.30. The molecule has 4 heterocycles. The number of nitrogens with zero attached hydrogens (tertiary/aromatic N) is 6. The van der Waals surface area contributed by atoms with E-state index < -0.39 is 10.0 Å². The Hall–Kier alpha value is -2.43. The van der Waals surface area contributed by atoms with Crippen LogP contribution in [0.4, 0.5) is 0 Å². The summed E-state index contributed by atoms with van der Waals surface area (Å²) in [5.74, 6) is 0.606. The number of hydrogen-bond acceptors (Lipinski definition) is 6. The van der Waals surface area contributed by atoms with Crippen LogP contribution in [0.3, 0.4) is 0 Å². The van der Waals surface area contributed by atoms with E-state index in [-0.39, 0.29) is 4.90 Å². The molecule has 10 heteroatoms. The smallest absolute Gasteiger partial charge is 0.244 e. The van der Waals surface area contributed by atoms with Crippen LogP contribution in [0.25, 0.3) is 11.3 Å². The van der Waals surface area contributed by atoms with E-state index in [2.05, 4.69) is 15.2 Å². The molecule has 0 unspecified atom stereocenters. The van der Waals surface area contributed by atoms with Gasteiger partial charge < -0.3 is 4.40 Å². The van der Waals surface area contributed by atoms with Crippen molar-refractivity contribution in [2.45, 2.75) is 36.6 Å². The van der Waals surface area contributed by atoms with Gasteiger partial charge in [-0.2, -0.15) is 4.31 Å². The lowest BCUT2D eigenvalue weighted by molar-refractivity contribution is 0.445. The van der Waals surface area contributed by atoms with Crippen molar-refractivity contribution >= 4 is 33.1 Å². The van der Waals surface area contributed by atoms with Gasteiger partial charge in [-0.25, -0.2) is 13.4 Å². The molecule has 0 saturated carbocycles. The molecule has 4 aromatic rings. The SMILES string of the molecule is CCN(CC)S(=O)(=O)c1ccc2nnc(SCc3cn4cccc(C)c4n3)n2c1. The number of sulfonamides is 1. The third-order valence-corrected chi connectivity index (χ3v) is 7.77. The fourth-order valence-electron chi connectivity index (χ4n) is 3.23. The number of thioether (sulfide) groups is 1. The van der Waals surface area contributed by atoms with Crippen LogP contribution in [0, 0.1) is 6.92 Å². The summed E-state index contributed by atoms with van der Waals surface area (Å²) < 4.78 is 30.8. The minimum absolute atomic E-state index is 0.235. The van der Waals surface area contributed by atoms with Crippen LogP contribution in [-0.2, 0) is 15.8 Å². The van der Waals surface area contributed by atoms with Gasteiger partial charge in [0, 0.05) is 37.4 Å². The van der Waals surface area contributed by atoms with E-state index in [1.165, 1.54) is 16.1 Å². The summed E-state index contributed by atoms with van der Waals surface area (Å²) in [5.41, 5.74) is 3.58. The number of fused-ring (bicyclic) bond motifs is 2. The number of rotatable bonds is 7. The van der Waals surface area contributed by atoms with E-state index >= 15 is 0 Å². The summed E-state index contributed by atoms with van der Waals surface area (Å²) >= 11 is 1.48. The van der Waals surface area contributed by atoms with Crippen molar-refractivity contribution in [1.82, 2.24) is 28.3 Å². The summed E-state index contributed by atoms with van der Waals surface area (Å²) in [5, 5.41) is 9.01. The second kappa shape index (κ2) is 7.77. The molecule has 29 heavy (non-hydrogen) atoms. The quantitative estimate of drug-likeness (QED) is 0.419. The van der Waals surface area contributed by atoms with Gasteiger partial charge in [0.25, 0.3) is 0 Å². The van der Waals surface area contributed by atoms with Crippen molar-refractivity contribution < 1.29 is 8.42 Å². The van der Waals surface area contributed by atoms with Crippen LogP contribution in [0.2, 0.25) is 0 Å². The summed E-state index contributed by atoms with van der Waals surface area (Å²) in [6, 6.07) is 7.28. The Labute approximate surface area is 173 Å². The molecule has 0 aliphatic carbocycles. The van der Waals surface area contributed by atoms with Gasteiger partial charge in [0.1, 0.15) is 5.65 Å². The van der Waals surface area contributed by atoms with Crippen LogP contribution in [0.15, 0.2) is 52.9 Å². The van der Waals surface area contributed by atoms with Crippen LogP contribution in [0.1, 0.15) is 25.1 Å². The maximum absolute atomic E-state index is 12.8. The Morgan fingerprint density at radius 1 is 1.10 bits per heavy atom. The number of hydrogen-bond donors (Lipinski definition) is 0. The Bertz CT molecular complexity index is 1270.